The van der Waals surface area contributed by atoms with Crippen LogP contribution in [0, 0.1) is 6.92 Å². The number of H-pyrrole nitrogens is 1. The Morgan fingerprint density at radius 2 is 2.31 bits per heavy atom. The number of nitrogens with one attached hydrogen (secondary N) is 1. The van der Waals surface area contributed by atoms with Crippen LogP contribution in [0.2, 0.25) is 0 Å². The molecule has 0 aliphatic heterocycles. The average molecular weight is 294 g/mol. The Balaban J connectivity index is 2.22. The summed E-state index contributed by atoms with van der Waals surface area (Å²) in [5.74, 6) is 0.882. The third kappa shape index (κ3) is 1.56. The van der Waals surface area contributed by atoms with Crippen LogP contribution in [-0.4, -0.2) is 15.0 Å². The number of aryl methyl sites for hydroxylation is 1. The highest BCUT2D eigenvalue weighted by atomic mass is 79.9. The molecular formula is C11H8BrN3S. The van der Waals surface area contributed by atoms with Crippen molar-refractivity contribution in [1.29, 1.82) is 0 Å². The van der Waals surface area contributed by atoms with Gasteiger partial charge in [-0.05, 0) is 40.5 Å². The van der Waals surface area contributed by atoms with Gasteiger partial charge in [-0.1, -0.05) is 0 Å². The molecule has 3 heterocycles. The van der Waals surface area contributed by atoms with Gasteiger partial charge in [0.25, 0.3) is 0 Å². The van der Waals surface area contributed by atoms with Gasteiger partial charge in [0.1, 0.15) is 0 Å². The highest BCUT2D eigenvalue weighted by Crippen LogP contribution is 2.29. The number of hydrogen-bond donors (Lipinski definition) is 1. The summed E-state index contributed by atoms with van der Waals surface area (Å²) < 4.78 is 1.08. The first kappa shape index (κ1) is 9.99. The highest BCUT2D eigenvalue weighted by molar-refractivity contribution is 9.10. The molecule has 3 aromatic heterocycles. The van der Waals surface area contributed by atoms with Crippen LogP contribution in [0.5, 0.6) is 0 Å². The van der Waals surface area contributed by atoms with Crippen LogP contribution < -0.4 is 0 Å². The second kappa shape index (κ2) is 3.68. The fourth-order valence-electron chi connectivity index (χ4n) is 1.59. The smallest absolute Gasteiger partial charge is 0.178 e. The maximum absolute atomic E-state index is 4.48. The van der Waals surface area contributed by atoms with E-state index in [2.05, 4.69) is 43.9 Å². The van der Waals surface area contributed by atoms with Crippen LogP contribution in [0.15, 0.2) is 28.2 Å². The van der Waals surface area contributed by atoms with Gasteiger partial charge in [0.2, 0.25) is 0 Å². The third-order valence-electron chi connectivity index (χ3n) is 2.40. The molecule has 80 valence electrons. The van der Waals surface area contributed by atoms with Gasteiger partial charge in [-0.2, -0.15) is 0 Å². The quantitative estimate of drug-likeness (QED) is 0.742. The van der Waals surface area contributed by atoms with Gasteiger partial charge in [0.05, 0.1) is 10.4 Å². The molecule has 0 radical (unpaired) electrons. The van der Waals surface area contributed by atoms with Crippen molar-refractivity contribution in [3.8, 4) is 10.7 Å². The van der Waals surface area contributed by atoms with Crippen molar-refractivity contribution in [1.82, 2.24) is 15.0 Å². The van der Waals surface area contributed by atoms with Gasteiger partial charge >= 0.3 is 0 Å². The molecule has 3 nitrogen and oxygen atoms in total. The number of imidazole rings is 1. The van der Waals surface area contributed by atoms with Crippen LogP contribution in [0.3, 0.4) is 0 Å². The second-order valence-corrected chi connectivity index (χ2v) is 5.37. The van der Waals surface area contributed by atoms with Crippen molar-refractivity contribution in [2.45, 2.75) is 6.92 Å². The summed E-state index contributed by atoms with van der Waals surface area (Å²) in [6.07, 6.45) is 1.78. The van der Waals surface area contributed by atoms with Gasteiger partial charge < -0.3 is 4.98 Å². The fourth-order valence-corrected chi connectivity index (χ4v) is 2.96. The summed E-state index contributed by atoms with van der Waals surface area (Å²) in [6.45, 7) is 2.05. The second-order valence-electron chi connectivity index (χ2n) is 3.54. The highest BCUT2D eigenvalue weighted by Gasteiger charge is 2.09. The van der Waals surface area contributed by atoms with Crippen LogP contribution in [0.1, 0.15) is 5.56 Å². The number of rotatable bonds is 1. The van der Waals surface area contributed by atoms with Crippen LogP contribution in [-0.2, 0) is 0 Å². The summed E-state index contributed by atoms with van der Waals surface area (Å²) in [4.78, 5) is 13.2. The topological polar surface area (TPSA) is 41.6 Å². The number of pyridine rings is 1. The van der Waals surface area contributed by atoms with E-state index in [0.717, 1.165) is 26.3 Å². The summed E-state index contributed by atoms with van der Waals surface area (Å²) in [6, 6.07) is 4.03. The number of halogens is 1. The monoisotopic (exact) mass is 293 g/mol. The molecule has 0 atom stereocenters. The zero-order chi connectivity index (χ0) is 11.1. The lowest BCUT2D eigenvalue weighted by Gasteiger charge is -1.90. The molecule has 0 fully saturated rings. The van der Waals surface area contributed by atoms with E-state index in [9.17, 15) is 0 Å². The first-order chi connectivity index (χ1) is 7.74. The normalized spacial score (nSPS) is 11.1. The predicted molar refractivity (Wildman–Crippen MR) is 69.6 cm³/mol. The minimum Gasteiger partial charge on any atom is -0.336 e. The van der Waals surface area contributed by atoms with E-state index >= 15 is 0 Å². The Kier molecular flexibility index (Phi) is 2.29. The van der Waals surface area contributed by atoms with Crippen molar-refractivity contribution < 1.29 is 0 Å². The van der Waals surface area contributed by atoms with Crippen molar-refractivity contribution in [2.75, 3.05) is 0 Å². The summed E-state index contributed by atoms with van der Waals surface area (Å²) in [7, 11) is 0. The lowest BCUT2D eigenvalue weighted by Crippen LogP contribution is -1.78. The van der Waals surface area contributed by atoms with Gasteiger partial charge in [-0.25, -0.2) is 9.97 Å². The Labute approximate surface area is 105 Å². The molecule has 0 aliphatic carbocycles. The Hall–Kier alpha value is -1.20. The zero-order valence-corrected chi connectivity index (χ0v) is 10.9. The van der Waals surface area contributed by atoms with Crippen LogP contribution >= 0.6 is 27.3 Å². The number of fused-ring (bicyclic) bond motifs is 1. The molecule has 0 bridgehead atoms. The number of thiophene rings is 1. The van der Waals surface area contributed by atoms with Gasteiger partial charge in [0.15, 0.2) is 11.5 Å². The molecule has 0 spiro atoms. The minimum absolute atomic E-state index is 0.777. The molecule has 0 unspecified atom stereocenters. The van der Waals surface area contributed by atoms with E-state index in [0.29, 0.717) is 0 Å². The first-order valence-corrected chi connectivity index (χ1v) is 6.47. The van der Waals surface area contributed by atoms with E-state index in [4.69, 9.17) is 0 Å². The lowest BCUT2D eigenvalue weighted by molar-refractivity contribution is 1.31. The van der Waals surface area contributed by atoms with Gasteiger partial charge in [-0.3, -0.25) is 0 Å². The standard InChI is InChI=1S/C11H8BrN3S/c1-6-2-3-13-11-9(6)14-10(15-11)8-4-7(12)5-16-8/h2-5H,1H3,(H,13,14,15). The largest absolute Gasteiger partial charge is 0.336 e. The molecule has 0 amide bonds. The van der Waals surface area contributed by atoms with Crippen molar-refractivity contribution in [2.24, 2.45) is 0 Å². The molecule has 5 heteroatoms. The third-order valence-corrected chi connectivity index (χ3v) is 4.10. The van der Waals surface area contributed by atoms with Crippen LogP contribution in [0.25, 0.3) is 21.9 Å². The van der Waals surface area contributed by atoms with E-state index in [1.54, 1.807) is 17.5 Å². The average Bonchev–Trinajstić information content (AvgIpc) is 2.84. The lowest BCUT2D eigenvalue weighted by atomic mass is 10.3. The van der Waals surface area contributed by atoms with E-state index < -0.39 is 0 Å². The molecule has 3 rings (SSSR count). The summed E-state index contributed by atoms with van der Waals surface area (Å²) in [5.41, 5.74) is 2.96. The molecular weight excluding hydrogens is 286 g/mol. The van der Waals surface area contributed by atoms with E-state index in [1.807, 2.05) is 11.4 Å². The fraction of sp³-hybridized carbons (Fsp3) is 0.0909. The van der Waals surface area contributed by atoms with Gasteiger partial charge in [-0.15, -0.1) is 11.3 Å². The molecule has 0 saturated heterocycles. The maximum Gasteiger partial charge on any atom is 0.178 e. The predicted octanol–water partition coefficient (Wildman–Crippen LogP) is 3.76. The Morgan fingerprint density at radius 1 is 1.44 bits per heavy atom. The van der Waals surface area contributed by atoms with Crippen molar-refractivity contribution in [3.05, 3.63) is 33.7 Å². The molecule has 0 aromatic carbocycles. The number of nitrogens with zero attached hydrogens (tertiary/aromatic N) is 2. The molecule has 3 aromatic rings. The van der Waals surface area contributed by atoms with Crippen molar-refractivity contribution in [3.63, 3.8) is 0 Å². The zero-order valence-electron chi connectivity index (χ0n) is 8.49. The van der Waals surface area contributed by atoms with Crippen LogP contribution in [0.4, 0.5) is 0 Å². The van der Waals surface area contributed by atoms with Gasteiger partial charge in [0, 0.05) is 16.0 Å². The molecule has 0 aliphatic rings. The molecule has 1 N–H and O–H groups in total. The summed E-state index contributed by atoms with van der Waals surface area (Å²) >= 11 is 5.10. The summed E-state index contributed by atoms with van der Waals surface area (Å²) in [5, 5.41) is 2.04. The number of aromatic amines is 1. The van der Waals surface area contributed by atoms with E-state index in [1.165, 1.54) is 5.56 Å². The number of aromatic nitrogens is 3. The van der Waals surface area contributed by atoms with Crippen molar-refractivity contribution >= 4 is 38.4 Å². The first-order valence-electron chi connectivity index (χ1n) is 4.80. The minimum atomic E-state index is 0.777. The SMILES string of the molecule is Cc1ccnc2nc(-c3cc(Br)cs3)[nH]c12. The molecule has 16 heavy (non-hydrogen) atoms. The van der Waals surface area contributed by atoms with E-state index in [-0.39, 0.29) is 0 Å². The number of hydrogen-bond acceptors (Lipinski definition) is 3. The Bertz CT molecular complexity index is 656. The maximum atomic E-state index is 4.48. The Morgan fingerprint density at radius 3 is 3.00 bits per heavy atom. The molecule has 0 saturated carbocycles.